The molecule has 1 fully saturated rings. The number of benzene rings is 1. The number of aromatic nitrogens is 2. The van der Waals surface area contributed by atoms with Crippen molar-refractivity contribution < 1.29 is 13.6 Å². The fraction of sp³-hybridized carbons (Fsp3) is 0.350. The van der Waals surface area contributed by atoms with E-state index >= 15 is 0 Å². The number of nitrogens with zero attached hydrogens (tertiary/aromatic N) is 3. The van der Waals surface area contributed by atoms with Crippen LogP contribution in [0.2, 0.25) is 0 Å². The van der Waals surface area contributed by atoms with E-state index in [1.807, 2.05) is 18.2 Å². The van der Waals surface area contributed by atoms with Crippen LogP contribution in [-0.2, 0) is 0 Å². The minimum Gasteiger partial charge on any atom is -0.441 e. The number of urea groups is 1. The van der Waals surface area contributed by atoms with Crippen molar-refractivity contribution in [2.24, 2.45) is 0 Å². The maximum absolute atomic E-state index is 14.1. The Bertz CT molecular complexity index is 1010. The van der Waals surface area contributed by atoms with E-state index in [-0.39, 0.29) is 18.6 Å². The third-order valence-electron chi connectivity index (χ3n) is 5.06. The molecule has 8 heteroatoms. The number of hydrogen-bond donors (Lipinski definition) is 2. The molecular weight excluding hydrogens is 361 g/mol. The summed E-state index contributed by atoms with van der Waals surface area (Å²) in [5.41, 5.74) is 0.894. The molecule has 1 aliphatic heterocycles. The van der Waals surface area contributed by atoms with Gasteiger partial charge in [-0.3, -0.25) is 5.32 Å². The molecule has 2 aromatic heterocycles. The van der Waals surface area contributed by atoms with E-state index in [0.717, 1.165) is 16.3 Å². The number of carbonyl (C=O) groups is 1. The van der Waals surface area contributed by atoms with Gasteiger partial charge in [0.15, 0.2) is 11.7 Å². The lowest BCUT2D eigenvalue weighted by Gasteiger charge is -2.34. The maximum Gasteiger partial charge on any atom is 0.323 e. The summed E-state index contributed by atoms with van der Waals surface area (Å²) in [5.74, 6) is 1.71. The van der Waals surface area contributed by atoms with Crippen molar-refractivity contribution in [3.8, 4) is 11.3 Å². The maximum atomic E-state index is 14.1. The molecule has 146 valence electrons. The number of oxazole rings is 1. The predicted molar refractivity (Wildman–Crippen MR) is 105 cm³/mol. The molecule has 3 aromatic rings. The average Bonchev–Trinajstić information content (AvgIpc) is 3.13. The second kappa shape index (κ2) is 7.55. The summed E-state index contributed by atoms with van der Waals surface area (Å²) >= 11 is 0. The molecule has 0 unspecified atom stereocenters. The minimum atomic E-state index is -1.08. The molecule has 2 atom stereocenters. The Hall–Kier alpha value is -3.00. The van der Waals surface area contributed by atoms with Crippen molar-refractivity contribution in [3.05, 3.63) is 42.5 Å². The van der Waals surface area contributed by atoms with E-state index < -0.39 is 6.17 Å². The largest absolute Gasteiger partial charge is 0.441 e. The molecule has 1 saturated heterocycles. The van der Waals surface area contributed by atoms with Gasteiger partial charge in [-0.1, -0.05) is 12.1 Å². The first-order valence-corrected chi connectivity index (χ1v) is 9.23. The molecule has 2 N–H and O–H groups in total. The minimum absolute atomic E-state index is 0.0694. The fourth-order valence-corrected chi connectivity index (χ4v) is 3.46. The van der Waals surface area contributed by atoms with Crippen molar-refractivity contribution in [1.29, 1.82) is 0 Å². The molecule has 0 radical (unpaired) electrons. The number of hydrogen-bond acceptors (Lipinski definition) is 5. The Labute approximate surface area is 162 Å². The topological polar surface area (TPSA) is 83.3 Å². The second-order valence-electron chi connectivity index (χ2n) is 6.95. The van der Waals surface area contributed by atoms with Gasteiger partial charge in [-0.15, -0.1) is 0 Å². The summed E-state index contributed by atoms with van der Waals surface area (Å²) in [6.45, 7) is 2.36. The molecule has 1 aromatic carbocycles. The highest BCUT2D eigenvalue weighted by atomic mass is 19.1. The number of likely N-dealkylation sites (tertiary alicyclic amines) is 1. The fourth-order valence-electron chi connectivity index (χ4n) is 3.46. The van der Waals surface area contributed by atoms with Crippen LogP contribution in [0.15, 0.2) is 41.1 Å². The zero-order valence-electron chi connectivity index (χ0n) is 15.8. The molecule has 0 bridgehead atoms. The van der Waals surface area contributed by atoms with Gasteiger partial charge < -0.3 is 14.6 Å². The van der Waals surface area contributed by atoms with E-state index in [4.69, 9.17) is 4.42 Å². The van der Waals surface area contributed by atoms with Gasteiger partial charge in [0.25, 0.3) is 0 Å². The molecule has 4 rings (SSSR count). The number of pyridine rings is 1. The lowest BCUT2D eigenvalue weighted by molar-refractivity contribution is 0.126. The highest BCUT2D eigenvalue weighted by Crippen LogP contribution is 2.26. The van der Waals surface area contributed by atoms with Gasteiger partial charge in [0.2, 0.25) is 0 Å². The molecule has 1 aliphatic rings. The predicted octanol–water partition coefficient (Wildman–Crippen LogP) is 3.36. The molecular formula is C20H22FN5O2. The first kappa shape index (κ1) is 18.4. The van der Waals surface area contributed by atoms with Crippen LogP contribution in [0.3, 0.4) is 0 Å². The number of nitrogens with one attached hydrogen (secondary N) is 2. The molecule has 0 aliphatic carbocycles. The van der Waals surface area contributed by atoms with Crippen LogP contribution in [0.1, 0.15) is 12.3 Å². The van der Waals surface area contributed by atoms with Gasteiger partial charge in [-0.2, -0.15) is 0 Å². The first-order chi connectivity index (χ1) is 13.5. The Morgan fingerprint density at radius 3 is 2.82 bits per heavy atom. The van der Waals surface area contributed by atoms with Crippen molar-refractivity contribution >= 4 is 22.6 Å². The summed E-state index contributed by atoms with van der Waals surface area (Å²) in [7, 11) is 1.74. The van der Waals surface area contributed by atoms with Crippen molar-refractivity contribution in [2.45, 2.75) is 25.6 Å². The molecule has 2 amide bonds. The van der Waals surface area contributed by atoms with Crippen LogP contribution in [0.5, 0.6) is 0 Å². The van der Waals surface area contributed by atoms with Crippen LogP contribution in [0, 0.1) is 6.92 Å². The summed E-state index contributed by atoms with van der Waals surface area (Å²) in [4.78, 5) is 22.4. The standard InChI is InChI=1S/C20H22FN5O2/c1-12-23-10-18(28-12)13-3-4-14-9-24-19(8-15(14)7-13)25-20(27)26-6-5-17(22-2)16(21)11-26/h3-4,7-10,16-17,22H,5-6,11H2,1-2H3,(H,24,25,27)/t16-,17-/m1/s1. The Morgan fingerprint density at radius 2 is 2.11 bits per heavy atom. The van der Waals surface area contributed by atoms with Crippen molar-refractivity contribution in [2.75, 3.05) is 25.5 Å². The summed E-state index contributed by atoms with van der Waals surface area (Å²) in [6, 6.07) is 7.09. The van der Waals surface area contributed by atoms with Gasteiger partial charge in [0, 0.05) is 36.7 Å². The van der Waals surface area contributed by atoms with Crippen LogP contribution in [0.25, 0.3) is 22.1 Å². The van der Waals surface area contributed by atoms with Gasteiger partial charge in [-0.05, 0) is 31.0 Å². The van der Waals surface area contributed by atoms with E-state index in [0.29, 0.717) is 30.4 Å². The van der Waals surface area contributed by atoms with Gasteiger partial charge >= 0.3 is 6.03 Å². The molecule has 28 heavy (non-hydrogen) atoms. The third-order valence-corrected chi connectivity index (χ3v) is 5.06. The number of anilines is 1. The summed E-state index contributed by atoms with van der Waals surface area (Å²) in [6.07, 6.45) is 2.88. The second-order valence-corrected chi connectivity index (χ2v) is 6.95. The van der Waals surface area contributed by atoms with Crippen LogP contribution in [-0.4, -0.2) is 53.2 Å². The summed E-state index contributed by atoms with van der Waals surface area (Å²) in [5, 5.41) is 7.57. The molecule has 3 heterocycles. The SMILES string of the molecule is CN[C@@H]1CCN(C(=O)Nc2cc3cc(-c4cnc(C)o4)ccc3cn2)C[C@H]1F. The van der Waals surface area contributed by atoms with Crippen LogP contribution in [0.4, 0.5) is 15.0 Å². The number of aryl methyl sites for hydroxylation is 1. The van der Waals surface area contributed by atoms with Crippen LogP contribution < -0.4 is 10.6 Å². The zero-order valence-corrected chi connectivity index (χ0v) is 15.8. The number of amides is 2. The quantitative estimate of drug-likeness (QED) is 0.725. The summed E-state index contributed by atoms with van der Waals surface area (Å²) < 4.78 is 19.7. The zero-order chi connectivity index (χ0) is 19.7. The van der Waals surface area contributed by atoms with Gasteiger partial charge in [0.05, 0.1) is 12.7 Å². The normalized spacial score (nSPS) is 19.8. The number of fused-ring (bicyclic) bond motifs is 1. The molecule has 0 spiro atoms. The van der Waals surface area contributed by atoms with E-state index in [2.05, 4.69) is 20.6 Å². The third kappa shape index (κ3) is 3.68. The number of carbonyl (C=O) groups excluding carboxylic acids is 1. The van der Waals surface area contributed by atoms with E-state index in [9.17, 15) is 9.18 Å². The number of piperidine rings is 1. The average molecular weight is 383 g/mol. The Kier molecular flexibility index (Phi) is 4.95. The number of alkyl halides is 1. The highest BCUT2D eigenvalue weighted by molar-refractivity contribution is 5.93. The smallest absolute Gasteiger partial charge is 0.323 e. The molecule has 7 nitrogen and oxygen atoms in total. The monoisotopic (exact) mass is 383 g/mol. The number of halogens is 1. The van der Waals surface area contributed by atoms with Crippen molar-refractivity contribution in [3.63, 3.8) is 0 Å². The molecule has 0 saturated carbocycles. The van der Waals surface area contributed by atoms with Crippen LogP contribution >= 0.6 is 0 Å². The number of rotatable bonds is 3. The lowest BCUT2D eigenvalue weighted by atomic mass is 10.0. The van der Waals surface area contributed by atoms with Crippen molar-refractivity contribution in [1.82, 2.24) is 20.2 Å². The van der Waals surface area contributed by atoms with E-state index in [1.54, 1.807) is 32.4 Å². The lowest BCUT2D eigenvalue weighted by Crippen LogP contribution is -2.52. The first-order valence-electron chi connectivity index (χ1n) is 9.23. The van der Waals surface area contributed by atoms with Gasteiger partial charge in [0.1, 0.15) is 12.0 Å². The Balaban J connectivity index is 1.51. The Morgan fingerprint density at radius 1 is 1.25 bits per heavy atom. The highest BCUT2D eigenvalue weighted by Gasteiger charge is 2.30. The van der Waals surface area contributed by atoms with E-state index in [1.165, 1.54) is 4.90 Å². The van der Waals surface area contributed by atoms with Gasteiger partial charge in [-0.25, -0.2) is 19.2 Å².